The highest BCUT2D eigenvalue weighted by molar-refractivity contribution is 6.03. The van der Waals surface area contributed by atoms with E-state index in [0.29, 0.717) is 5.56 Å². The molecular weight excluding hydrogens is 266 g/mol. The zero-order chi connectivity index (χ0) is 14.8. The van der Waals surface area contributed by atoms with Crippen LogP contribution in [0.1, 0.15) is 33.7 Å². The SMILES string of the molecule is Cc1nnc(NC(=O)c2ccc3c(c2)CCCN3)nc1C. The predicted molar refractivity (Wildman–Crippen MR) is 80.5 cm³/mol. The van der Waals surface area contributed by atoms with E-state index < -0.39 is 0 Å². The molecule has 2 N–H and O–H groups in total. The molecule has 0 fully saturated rings. The first-order chi connectivity index (χ1) is 10.1. The molecule has 0 saturated carbocycles. The van der Waals surface area contributed by atoms with Gasteiger partial charge in [-0.05, 0) is 50.5 Å². The fourth-order valence-corrected chi connectivity index (χ4v) is 2.30. The van der Waals surface area contributed by atoms with Crippen molar-refractivity contribution in [3.05, 3.63) is 40.7 Å². The van der Waals surface area contributed by atoms with Gasteiger partial charge in [0.05, 0.1) is 11.4 Å². The highest BCUT2D eigenvalue weighted by atomic mass is 16.1. The van der Waals surface area contributed by atoms with Crippen molar-refractivity contribution in [2.45, 2.75) is 26.7 Å². The van der Waals surface area contributed by atoms with Crippen LogP contribution in [0.2, 0.25) is 0 Å². The van der Waals surface area contributed by atoms with Gasteiger partial charge in [0.15, 0.2) is 0 Å². The Morgan fingerprint density at radius 1 is 1.24 bits per heavy atom. The summed E-state index contributed by atoms with van der Waals surface area (Å²) in [5.41, 5.74) is 4.41. The Balaban J connectivity index is 1.80. The lowest BCUT2D eigenvalue weighted by molar-refractivity contribution is 0.102. The molecular formula is C15H17N5O. The van der Waals surface area contributed by atoms with Gasteiger partial charge in [-0.2, -0.15) is 5.10 Å². The number of carbonyl (C=O) groups is 1. The maximum Gasteiger partial charge on any atom is 0.258 e. The number of nitrogens with zero attached hydrogens (tertiary/aromatic N) is 3. The Bertz CT molecular complexity index is 698. The molecule has 2 aromatic rings. The van der Waals surface area contributed by atoms with Crippen molar-refractivity contribution in [1.82, 2.24) is 15.2 Å². The van der Waals surface area contributed by atoms with Crippen LogP contribution in [0, 0.1) is 13.8 Å². The molecule has 0 spiro atoms. The van der Waals surface area contributed by atoms with Gasteiger partial charge in [0, 0.05) is 17.8 Å². The lowest BCUT2D eigenvalue weighted by Crippen LogP contribution is -2.17. The molecule has 6 nitrogen and oxygen atoms in total. The molecule has 1 aromatic heterocycles. The fraction of sp³-hybridized carbons (Fsp3) is 0.333. The predicted octanol–water partition coefficient (Wildman–Crippen LogP) is 2.10. The minimum atomic E-state index is -0.214. The number of hydrogen-bond donors (Lipinski definition) is 2. The number of benzene rings is 1. The van der Waals surface area contributed by atoms with Gasteiger partial charge < -0.3 is 5.32 Å². The summed E-state index contributed by atoms with van der Waals surface area (Å²) >= 11 is 0. The highest BCUT2D eigenvalue weighted by Crippen LogP contribution is 2.23. The van der Waals surface area contributed by atoms with Gasteiger partial charge in [0.2, 0.25) is 5.95 Å². The number of fused-ring (bicyclic) bond motifs is 1. The van der Waals surface area contributed by atoms with E-state index in [1.54, 1.807) is 6.07 Å². The summed E-state index contributed by atoms with van der Waals surface area (Å²) in [6.07, 6.45) is 2.08. The van der Waals surface area contributed by atoms with Crippen molar-refractivity contribution < 1.29 is 4.79 Å². The third-order valence-corrected chi connectivity index (χ3v) is 3.62. The summed E-state index contributed by atoms with van der Waals surface area (Å²) in [7, 11) is 0. The van der Waals surface area contributed by atoms with Gasteiger partial charge >= 0.3 is 0 Å². The molecule has 1 aliphatic heterocycles. The Labute approximate surface area is 123 Å². The Morgan fingerprint density at radius 3 is 2.90 bits per heavy atom. The molecule has 6 heteroatoms. The molecule has 0 saturated heterocycles. The van der Waals surface area contributed by atoms with Crippen LogP contribution in [0.15, 0.2) is 18.2 Å². The van der Waals surface area contributed by atoms with E-state index in [-0.39, 0.29) is 11.9 Å². The van der Waals surface area contributed by atoms with Gasteiger partial charge in [-0.3, -0.25) is 10.1 Å². The Hall–Kier alpha value is -2.50. The number of aryl methyl sites for hydroxylation is 3. The molecule has 0 aliphatic carbocycles. The molecule has 3 rings (SSSR count). The molecule has 1 aliphatic rings. The van der Waals surface area contributed by atoms with Crippen LogP contribution in [-0.4, -0.2) is 27.6 Å². The number of hydrogen-bond acceptors (Lipinski definition) is 5. The van der Waals surface area contributed by atoms with Gasteiger partial charge in [0.1, 0.15) is 0 Å². The van der Waals surface area contributed by atoms with E-state index in [1.165, 1.54) is 5.56 Å². The molecule has 21 heavy (non-hydrogen) atoms. The summed E-state index contributed by atoms with van der Waals surface area (Å²) in [4.78, 5) is 16.5. The molecule has 1 amide bonds. The average Bonchev–Trinajstić information content (AvgIpc) is 2.50. The maximum atomic E-state index is 12.3. The van der Waals surface area contributed by atoms with E-state index in [1.807, 2.05) is 26.0 Å². The van der Waals surface area contributed by atoms with Crippen molar-refractivity contribution >= 4 is 17.5 Å². The van der Waals surface area contributed by atoms with E-state index >= 15 is 0 Å². The van der Waals surface area contributed by atoms with Gasteiger partial charge in [-0.1, -0.05) is 0 Å². The third-order valence-electron chi connectivity index (χ3n) is 3.62. The maximum absolute atomic E-state index is 12.3. The quantitative estimate of drug-likeness (QED) is 0.882. The van der Waals surface area contributed by atoms with Crippen molar-refractivity contribution in [2.75, 3.05) is 17.2 Å². The number of carbonyl (C=O) groups excluding carboxylic acids is 1. The zero-order valence-corrected chi connectivity index (χ0v) is 12.1. The lowest BCUT2D eigenvalue weighted by Gasteiger charge is -2.18. The van der Waals surface area contributed by atoms with Crippen LogP contribution in [0.3, 0.4) is 0 Å². The van der Waals surface area contributed by atoms with Crippen LogP contribution in [0.4, 0.5) is 11.6 Å². The number of anilines is 2. The second-order valence-electron chi connectivity index (χ2n) is 5.16. The van der Waals surface area contributed by atoms with E-state index in [4.69, 9.17) is 0 Å². The molecule has 0 unspecified atom stereocenters. The minimum absolute atomic E-state index is 0.214. The van der Waals surface area contributed by atoms with Crippen LogP contribution in [-0.2, 0) is 6.42 Å². The van der Waals surface area contributed by atoms with Gasteiger partial charge in [0.25, 0.3) is 5.91 Å². The first-order valence-corrected chi connectivity index (χ1v) is 6.99. The summed E-state index contributed by atoms with van der Waals surface area (Å²) in [5, 5.41) is 13.9. The zero-order valence-electron chi connectivity index (χ0n) is 12.1. The number of aromatic nitrogens is 3. The topological polar surface area (TPSA) is 79.8 Å². The summed E-state index contributed by atoms with van der Waals surface area (Å²) in [6, 6.07) is 5.68. The number of nitrogens with one attached hydrogen (secondary N) is 2. The van der Waals surface area contributed by atoms with E-state index in [9.17, 15) is 4.79 Å². The lowest BCUT2D eigenvalue weighted by atomic mass is 10.0. The number of rotatable bonds is 2. The minimum Gasteiger partial charge on any atom is -0.385 e. The summed E-state index contributed by atoms with van der Waals surface area (Å²) in [5.74, 6) is 0.0207. The van der Waals surface area contributed by atoms with Crippen molar-refractivity contribution in [1.29, 1.82) is 0 Å². The van der Waals surface area contributed by atoms with Crippen LogP contribution >= 0.6 is 0 Å². The second-order valence-corrected chi connectivity index (χ2v) is 5.16. The van der Waals surface area contributed by atoms with E-state index in [0.717, 1.165) is 36.5 Å². The Morgan fingerprint density at radius 2 is 2.10 bits per heavy atom. The summed E-state index contributed by atoms with van der Waals surface area (Å²) < 4.78 is 0. The Kier molecular flexibility index (Phi) is 3.51. The van der Waals surface area contributed by atoms with Gasteiger partial charge in [-0.25, -0.2) is 4.98 Å². The van der Waals surface area contributed by atoms with Crippen molar-refractivity contribution in [2.24, 2.45) is 0 Å². The molecule has 1 aromatic carbocycles. The molecule has 108 valence electrons. The third kappa shape index (κ3) is 2.84. The standard InChI is InChI=1S/C15H17N5O/c1-9-10(2)19-20-15(17-9)18-14(21)12-5-6-13-11(8-12)4-3-7-16-13/h5-6,8,16H,3-4,7H2,1-2H3,(H,17,18,20,21). The van der Waals surface area contributed by atoms with E-state index in [2.05, 4.69) is 25.8 Å². The van der Waals surface area contributed by atoms with Crippen molar-refractivity contribution in [3.8, 4) is 0 Å². The summed E-state index contributed by atoms with van der Waals surface area (Å²) in [6.45, 7) is 4.66. The van der Waals surface area contributed by atoms with Crippen molar-refractivity contribution in [3.63, 3.8) is 0 Å². The molecule has 2 heterocycles. The smallest absolute Gasteiger partial charge is 0.258 e. The van der Waals surface area contributed by atoms with Crippen LogP contribution in [0.5, 0.6) is 0 Å². The molecule has 0 radical (unpaired) electrons. The monoisotopic (exact) mass is 283 g/mol. The first kappa shape index (κ1) is 13.5. The fourth-order valence-electron chi connectivity index (χ4n) is 2.30. The first-order valence-electron chi connectivity index (χ1n) is 6.99. The highest BCUT2D eigenvalue weighted by Gasteiger charge is 2.13. The molecule has 0 bridgehead atoms. The average molecular weight is 283 g/mol. The van der Waals surface area contributed by atoms with Crippen LogP contribution < -0.4 is 10.6 Å². The van der Waals surface area contributed by atoms with Crippen LogP contribution in [0.25, 0.3) is 0 Å². The van der Waals surface area contributed by atoms with Gasteiger partial charge in [-0.15, -0.1) is 5.10 Å². The normalized spacial score (nSPS) is 13.2. The molecule has 0 atom stereocenters. The largest absolute Gasteiger partial charge is 0.385 e. The second kappa shape index (κ2) is 5.47. The number of amides is 1.